The molecule has 9 heterocycles. The van der Waals surface area contributed by atoms with Gasteiger partial charge in [0.2, 0.25) is 29.5 Å². The van der Waals surface area contributed by atoms with Crippen LogP contribution in [0.15, 0.2) is 75.0 Å². The van der Waals surface area contributed by atoms with E-state index in [0.717, 1.165) is 57.1 Å². The minimum atomic E-state index is -2.12. The van der Waals surface area contributed by atoms with Crippen LogP contribution < -0.4 is 64.2 Å². The molecule has 34 nitrogen and oxygen atoms in total. The predicted molar refractivity (Wildman–Crippen MR) is 403 cm³/mol. The van der Waals surface area contributed by atoms with Crippen LogP contribution in [0.5, 0.6) is 0 Å². The fraction of sp³-hybridized carbons (Fsp3) is 0.456. The third kappa shape index (κ3) is 17.5. The van der Waals surface area contributed by atoms with E-state index < -0.39 is 179 Å². The third-order valence-electron chi connectivity index (χ3n) is 18.7. The number of fused-ring (bicyclic) bond motifs is 7. The summed E-state index contributed by atoms with van der Waals surface area (Å²) < 4.78 is 6.35. The van der Waals surface area contributed by atoms with Gasteiger partial charge in [-0.3, -0.25) is 58.8 Å². The van der Waals surface area contributed by atoms with Crippen LogP contribution in [0.1, 0.15) is 198 Å². The van der Waals surface area contributed by atoms with Crippen molar-refractivity contribution in [2.75, 3.05) is 5.75 Å². The van der Waals surface area contributed by atoms with Gasteiger partial charge < -0.3 is 83.9 Å². The van der Waals surface area contributed by atoms with Crippen LogP contribution in [0.2, 0.25) is 0 Å². The SMILES string of the molecule is C=C(NC(=O)c1csc(C2CCC34NC(=O)C(C)NC(=O)C(=C)NC(=O)C(C)NC(=O)C(C(C)C)NC5C=Cc6c(C(C)O)cc(nc6C5O)C(=O)OC(C)C(NC(=S)c5csc(n5)C(C(C)(O)C(C)O)NC(=O)C5CSC(=N5)/C(=C/C)NC(=O)C(C(C)O)NC(=O)c5csc3n5)c3nc(cs3)C4N2)n1)C(N)=O. The summed E-state index contributed by atoms with van der Waals surface area (Å²) >= 11 is 11.1. The Labute approximate surface area is 644 Å². The van der Waals surface area contributed by atoms with Gasteiger partial charge in [-0.15, -0.1) is 57.1 Å². The molecule has 5 aromatic rings. The van der Waals surface area contributed by atoms with Crippen molar-refractivity contribution in [3.8, 4) is 0 Å². The van der Waals surface area contributed by atoms with Crippen LogP contribution in [-0.4, -0.2) is 186 Å². The number of carbonyl (C=O) groups is 10. The largest absolute Gasteiger partial charge is 0.455 e. The molecule has 108 heavy (non-hydrogen) atoms. The third-order valence-corrected chi connectivity index (χ3v) is 23.9. The molecule has 17 unspecified atom stereocenters. The summed E-state index contributed by atoms with van der Waals surface area (Å²) in [6, 6.07) is -11.5. The maximum atomic E-state index is 15.3. The Hall–Kier alpha value is -9.04. The summed E-state index contributed by atoms with van der Waals surface area (Å²) in [5.41, 5.74) is 0.162. The fourth-order valence-electron chi connectivity index (χ4n) is 12.2. The number of nitrogens with zero attached hydrogens (tertiary/aromatic N) is 6. The number of thiazole rings is 4. The van der Waals surface area contributed by atoms with Crippen LogP contribution in [0.4, 0.5) is 0 Å². The number of rotatable bonds is 9. The van der Waals surface area contributed by atoms with E-state index in [1.165, 1.54) is 76.7 Å². The highest BCUT2D eigenvalue weighted by atomic mass is 32.2. The Morgan fingerprint density at radius 3 is 2.16 bits per heavy atom. The highest BCUT2D eigenvalue weighted by Gasteiger charge is 2.52. The van der Waals surface area contributed by atoms with Crippen LogP contribution in [0.3, 0.4) is 0 Å². The topological polar surface area (TPSA) is 516 Å². The minimum absolute atomic E-state index is 0.0118. The molecule has 10 rings (SSSR count). The quantitative estimate of drug-likeness (QED) is 0.0559. The number of piperidine rings is 1. The van der Waals surface area contributed by atoms with Crippen LogP contribution in [0, 0.1) is 5.92 Å². The highest BCUT2D eigenvalue weighted by molar-refractivity contribution is 8.14. The molecule has 576 valence electrons. The van der Waals surface area contributed by atoms with Gasteiger partial charge in [-0.1, -0.05) is 57.5 Å². The number of cyclic esters (lactones) is 1. The first-order valence-electron chi connectivity index (χ1n) is 34.0. The number of aromatic nitrogens is 5. The number of ether oxygens (including phenoxy) is 1. The Kier molecular flexibility index (Phi) is 25.2. The number of primary amides is 1. The summed E-state index contributed by atoms with van der Waals surface area (Å²) in [5, 5.41) is 95.5. The van der Waals surface area contributed by atoms with E-state index in [2.05, 4.69) is 86.6 Å². The highest BCUT2D eigenvalue weighted by Crippen LogP contribution is 2.48. The molecule has 4 aliphatic heterocycles. The van der Waals surface area contributed by atoms with Crippen molar-refractivity contribution in [1.29, 1.82) is 0 Å². The van der Waals surface area contributed by atoms with Crippen molar-refractivity contribution in [3.05, 3.63) is 135 Å². The number of thioether (sulfide) groups is 1. The number of allylic oxidation sites excluding steroid dienone is 1. The molecular weight excluding hydrogens is 1520 g/mol. The Morgan fingerprint density at radius 2 is 1.48 bits per heavy atom. The molecule has 5 aliphatic rings. The maximum absolute atomic E-state index is 15.3. The molecule has 1 saturated heterocycles. The number of thiocarbonyl (C=S) groups is 1. The van der Waals surface area contributed by atoms with Gasteiger partial charge in [0.05, 0.1) is 71.0 Å². The lowest BCUT2D eigenvalue weighted by Gasteiger charge is -2.46. The van der Waals surface area contributed by atoms with Gasteiger partial charge >= 0.3 is 5.97 Å². The van der Waals surface area contributed by atoms with Gasteiger partial charge in [-0.2, -0.15) is 0 Å². The standard InChI is InChI=1S/C68H82N18O16S6/c1-13-35-61-79-41(21-104-61)57(97)85-50(67(12,101)32(11)89)64-81-43(23-107-64)60(103)84-46-31(10)102-65(100)38-18-34(29(8)87)33-14-15-36(48(90)47(33)75-38)74-44(24(2)3)58(98)73-27(6)53(93)71-26(5)52(92)72-28(7)54(94)86-68(66-82-42(22-108-66)56(96)83-45(30(9)88)59(99)77-35)17-16-37(76-49(68)39-19-106-63(46)78-39)62-80-40(20-105-62)55(95)70-25(4)51(69)91/h13-15,18-20,22-24,27-32,36-37,41,44-46,48-50,74,76,87-90,101H,4-5,16-17,21H2,1-3,6-12H3,(H2,69,91)(H,70,95)(H,71,93)(H,72,92)(H,73,98)(H,77,99)(H,83,96)(H,84,103)(H,85,97)(H,86,94)/b35-13-. The first-order valence-corrected chi connectivity index (χ1v) is 38.9. The van der Waals surface area contributed by atoms with Gasteiger partial charge in [0.25, 0.3) is 23.6 Å². The zero-order chi connectivity index (χ0) is 78.9. The second-order valence-corrected chi connectivity index (χ2v) is 31.9. The van der Waals surface area contributed by atoms with Crippen molar-refractivity contribution in [1.82, 2.24) is 83.4 Å². The van der Waals surface area contributed by atoms with Gasteiger partial charge in [-0.05, 0) is 85.8 Å². The number of amides is 9. The van der Waals surface area contributed by atoms with Crippen LogP contribution in [0.25, 0.3) is 6.08 Å². The number of nitrogens with one attached hydrogen (secondary N) is 11. The summed E-state index contributed by atoms with van der Waals surface area (Å²) in [6.07, 6.45) is -2.78. The first kappa shape index (κ1) is 81.5. The van der Waals surface area contributed by atoms with Gasteiger partial charge in [0.15, 0.2) is 0 Å². The second-order valence-electron chi connectivity index (χ2n) is 27.0. The smallest absolute Gasteiger partial charge is 0.357 e. The zero-order valence-corrected chi connectivity index (χ0v) is 64.7. The molecule has 0 radical (unpaired) electrons. The minimum Gasteiger partial charge on any atom is -0.455 e. The van der Waals surface area contributed by atoms with E-state index in [-0.39, 0.29) is 94.6 Å². The number of aliphatic imine (C=N–C) groups is 1. The molecule has 5 aromatic heterocycles. The van der Waals surface area contributed by atoms with Crippen molar-refractivity contribution in [2.45, 2.75) is 184 Å². The molecule has 0 spiro atoms. The first-order chi connectivity index (χ1) is 50.9. The molecule has 17 atom stereocenters. The van der Waals surface area contributed by atoms with Crippen molar-refractivity contribution < 1.29 is 78.2 Å². The number of hydrogen-bond acceptors (Lipinski definition) is 30. The summed E-state index contributed by atoms with van der Waals surface area (Å²) in [5.74, 6) is -9.52. The van der Waals surface area contributed by atoms with Crippen molar-refractivity contribution in [2.24, 2.45) is 16.6 Å². The molecule has 1 fully saturated rings. The van der Waals surface area contributed by atoms with Crippen molar-refractivity contribution in [3.63, 3.8) is 0 Å². The summed E-state index contributed by atoms with van der Waals surface area (Å²) in [7, 11) is 0. The molecule has 13 bridgehead atoms. The number of aliphatic hydroxyl groups is 5. The van der Waals surface area contributed by atoms with E-state index in [4.69, 9.17) is 37.6 Å². The lowest BCUT2D eigenvalue weighted by Crippen LogP contribution is -2.61. The van der Waals surface area contributed by atoms with E-state index in [1.54, 1.807) is 38.3 Å². The molecule has 40 heteroatoms. The Bertz CT molecular complexity index is 4540. The average Bonchev–Trinajstić information content (AvgIpc) is 1.50. The Balaban J connectivity index is 1.17. The second kappa shape index (κ2) is 33.4. The number of pyridine rings is 1. The van der Waals surface area contributed by atoms with Crippen molar-refractivity contribution >= 4 is 145 Å². The summed E-state index contributed by atoms with van der Waals surface area (Å²) in [4.78, 5) is 170. The number of aliphatic hydroxyl groups excluding tert-OH is 4. The lowest BCUT2D eigenvalue weighted by atomic mass is 9.78. The molecular formula is C68H82N18O16S6. The molecule has 18 N–H and O–H groups in total. The van der Waals surface area contributed by atoms with E-state index in [1.807, 2.05) is 0 Å². The lowest BCUT2D eigenvalue weighted by molar-refractivity contribution is -0.131. The number of esters is 1. The van der Waals surface area contributed by atoms with Gasteiger partial charge in [0.1, 0.15) is 112 Å². The van der Waals surface area contributed by atoms with E-state index in [9.17, 15) is 63.9 Å². The summed E-state index contributed by atoms with van der Waals surface area (Å²) in [6.45, 7) is 21.8. The molecule has 1 aliphatic carbocycles. The monoisotopic (exact) mass is 1600 g/mol. The predicted octanol–water partition coefficient (Wildman–Crippen LogP) is 1.13. The van der Waals surface area contributed by atoms with E-state index >= 15 is 9.59 Å². The maximum Gasteiger partial charge on any atom is 0.357 e. The molecule has 9 amide bonds. The Morgan fingerprint density at radius 1 is 0.787 bits per heavy atom. The number of carbonyl (C=O) groups excluding carboxylic acids is 10. The number of hydrogen-bond donors (Lipinski definition) is 17. The van der Waals surface area contributed by atoms with Gasteiger partial charge in [-0.25, -0.2) is 29.7 Å². The normalized spacial score (nSPS) is 28.3. The average molecular weight is 1600 g/mol. The fourth-order valence-corrected chi connectivity index (χ4v) is 17.4. The molecule has 0 aromatic carbocycles. The van der Waals surface area contributed by atoms with Crippen LogP contribution >= 0.6 is 69.3 Å². The zero-order valence-electron chi connectivity index (χ0n) is 59.8. The van der Waals surface area contributed by atoms with Crippen LogP contribution in [-0.2, 0) is 43.8 Å². The molecule has 0 saturated carbocycles. The van der Waals surface area contributed by atoms with Gasteiger partial charge in [0, 0.05) is 32.8 Å². The number of nitrogens with two attached hydrogens (primary N) is 1. The van der Waals surface area contributed by atoms with E-state index in [0.29, 0.717) is 5.01 Å².